The molecular formula is C9H9NO3S. The molecule has 1 heterocycles. The van der Waals surface area contributed by atoms with Crippen molar-refractivity contribution in [2.45, 2.75) is 4.90 Å². The van der Waals surface area contributed by atoms with Gasteiger partial charge in [-0.15, -0.1) is 0 Å². The Morgan fingerprint density at radius 1 is 1.50 bits per heavy atom. The Hall–Kier alpha value is -1.36. The second-order valence-electron chi connectivity index (χ2n) is 2.95. The normalized spacial score (nSPS) is 16.5. The number of carbonyl (C=O) groups is 1. The molecule has 0 bridgehead atoms. The first-order valence-corrected chi connectivity index (χ1v) is 5.63. The maximum absolute atomic E-state index is 11.2. The zero-order valence-electron chi connectivity index (χ0n) is 7.57. The number of rotatable bonds is 1. The molecule has 1 aliphatic heterocycles. The summed E-state index contributed by atoms with van der Waals surface area (Å²) in [5.74, 6) is 0.440. The summed E-state index contributed by atoms with van der Waals surface area (Å²) in [6.45, 7) is 0.0432. The monoisotopic (exact) mass is 211 g/mol. The van der Waals surface area contributed by atoms with Crippen LogP contribution >= 0.6 is 0 Å². The lowest BCUT2D eigenvalue weighted by molar-refractivity contribution is -0.118. The number of nitrogens with one attached hydrogen (secondary N) is 1. The van der Waals surface area contributed by atoms with Gasteiger partial charge in [-0.3, -0.25) is 9.00 Å². The molecule has 4 nitrogen and oxygen atoms in total. The van der Waals surface area contributed by atoms with E-state index >= 15 is 0 Å². The van der Waals surface area contributed by atoms with Crippen molar-refractivity contribution in [3.63, 3.8) is 0 Å². The lowest BCUT2D eigenvalue weighted by Crippen LogP contribution is -2.25. The van der Waals surface area contributed by atoms with Gasteiger partial charge < -0.3 is 10.1 Å². The van der Waals surface area contributed by atoms with Crippen LogP contribution in [0.5, 0.6) is 5.75 Å². The smallest absolute Gasteiger partial charge is 0.262 e. The fourth-order valence-corrected chi connectivity index (χ4v) is 1.78. The lowest BCUT2D eigenvalue weighted by Gasteiger charge is -2.17. The van der Waals surface area contributed by atoms with E-state index in [9.17, 15) is 9.00 Å². The van der Waals surface area contributed by atoms with Gasteiger partial charge >= 0.3 is 0 Å². The summed E-state index contributed by atoms with van der Waals surface area (Å²) in [6, 6.07) is 5.11. The average molecular weight is 211 g/mol. The van der Waals surface area contributed by atoms with E-state index in [1.54, 1.807) is 24.5 Å². The van der Waals surface area contributed by atoms with Crippen LogP contribution in [0.4, 0.5) is 5.69 Å². The maximum atomic E-state index is 11.2. The van der Waals surface area contributed by atoms with Gasteiger partial charge in [0.05, 0.1) is 5.69 Å². The predicted molar refractivity (Wildman–Crippen MR) is 52.9 cm³/mol. The SMILES string of the molecule is C[S@](=O)c1ccc2c(c1)NC(=O)CO2. The van der Waals surface area contributed by atoms with Crippen LogP contribution in [0.15, 0.2) is 23.1 Å². The Kier molecular flexibility index (Phi) is 2.25. The van der Waals surface area contributed by atoms with Gasteiger partial charge in [-0.25, -0.2) is 0 Å². The predicted octanol–water partition coefficient (Wildman–Crippen LogP) is 0.755. The third kappa shape index (κ3) is 1.63. The Bertz CT molecular complexity index is 417. The molecule has 1 aromatic rings. The van der Waals surface area contributed by atoms with Crippen molar-refractivity contribution in [3.8, 4) is 5.75 Å². The number of anilines is 1. The molecule has 0 aliphatic carbocycles. The Morgan fingerprint density at radius 2 is 2.29 bits per heavy atom. The first-order chi connectivity index (χ1) is 6.66. The molecule has 2 rings (SSSR count). The summed E-state index contributed by atoms with van der Waals surface area (Å²) in [5.41, 5.74) is 0.592. The first kappa shape index (κ1) is 9.21. The van der Waals surface area contributed by atoms with Gasteiger partial charge in [0, 0.05) is 22.0 Å². The second-order valence-corrected chi connectivity index (χ2v) is 4.33. The summed E-state index contributed by atoms with van der Waals surface area (Å²) in [7, 11) is -1.05. The fourth-order valence-electron chi connectivity index (χ4n) is 1.24. The molecule has 0 unspecified atom stereocenters. The van der Waals surface area contributed by atoms with Gasteiger partial charge in [0.25, 0.3) is 5.91 Å². The van der Waals surface area contributed by atoms with E-state index in [2.05, 4.69) is 5.32 Å². The molecule has 1 N–H and O–H groups in total. The number of carbonyl (C=O) groups excluding carboxylic acids is 1. The standard InChI is InChI=1S/C9H9NO3S/c1-14(12)6-2-3-8-7(4-6)10-9(11)5-13-8/h2-4H,5H2,1H3,(H,10,11)/t14-/m0/s1. The minimum atomic E-state index is -1.05. The minimum absolute atomic E-state index is 0.0432. The van der Waals surface area contributed by atoms with E-state index in [-0.39, 0.29) is 12.5 Å². The zero-order chi connectivity index (χ0) is 10.1. The largest absolute Gasteiger partial charge is 0.482 e. The molecule has 1 aromatic carbocycles. The van der Waals surface area contributed by atoms with Gasteiger partial charge in [-0.05, 0) is 18.2 Å². The summed E-state index contributed by atoms with van der Waals surface area (Å²) in [6.07, 6.45) is 1.59. The van der Waals surface area contributed by atoms with Crippen molar-refractivity contribution in [2.24, 2.45) is 0 Å². The number of hydrogen-bond donors (Lipinski definition) is 1. The molecule has 5 heteroatoms. The molecule has 74 valence electrons. The molecule has 0 aromatic heterocycles. The number of benzene rings is 1. The maximum Gasteiger partial charge on any atom is 0.262 e. The van der Waals surface area contributed by atoms with Crippen LogP contribution in [0.2, 0.25) is 0 Å². The van der Waals surface area contributed by atoms with E-state index in [0.29, 0.717) is 16.3 Å². The van der Waals surface area contributed by atoms with E-state index < -0.39 is 10.8 Å². The fraction of sp³-hybridized carbons (Fsp3) is 0.222. The summed E-state index contributed by atoms with van der Waals surface area (Å²) >= 11 is 0. The topological polar surface area (TPSA) is 55.4 Å². The number of ether oxygens (including phenoxy) is 1. The second kappa shape index (κ2) is 3.42. The Labute approximate surface area is 83.7 Å². The van der Waals surface area contributed by atoms with Crippen molar-refractivity contribution in [1.29, 1.82) is 0 Å². The van der Waals surface area contributed by atoms with E-state index in [0.717, 1.165) is 0 Å². The number of hydrogen-bond acceptors (Lipinski definition) is 3. The van der Waals surface area contributed by atoms with Crippen molar-refractivity contribution in [3.05, 3.63) is 18.2 Å². The van der Waals surface area contributed by atoms with Crippen LogP contribution in [0, 0.1) is 0 Å². The van der Waals surface area contributed by atoms with Crippen LogP contribution in [-0.2, 0) is 15.6 Å². The van der Waals surface area contributed by atoms with Crippen molar-refractivity contribution >= 4 is 22.4 Å². The third-order valence-electron chi connectivity index (χ3n) is 1.92. The molecule has 14 heavy (non-hydrogen) atoms. The van der Waals surface area contributed by atoms with E-state index in [4.69, 9.17) is 4.74 Å². The summed E-state index contributed by atoms with van der Waals surface area (Å²) < 4.78 is 16.3. The lowest BCUT2D eigenvalue weighted by atomic mass is 10.2. The van der Waals surface area contributed by atoms with Gasteiger partial charge in [-0.2, -0.15) is 0 Å². The molecule has 0 saturated heterocycles. The highest BCUT2D eigenvalue weighted by atomic mass is 32.2. The van der Waals surface area contributed by atoms with Gasteiger partial charge in [-0.1, -0.05) is 0 Å². The molecule has 0 radical (unpaired) electrons. The van der Waals surface area contributed by atoms with Crippen LogP contribution in [0.1, 0.15) is 0 Å². The molecular weight excluding hydrogens is 202 g/mol. The third-order valence-corrected chi connectivity index (χ3v) is 2.83. The summed E-state index contributed by atoms with van der Waals surface area (Å²) in [4.78, 5) is 11.7. The van der Waals surface area contributed by atoms with Crippen molar-refractivity contribution in [1.82, 2.24) is 0 Å². The zero-order valence-corrected chi connectivity index (χ0v) is 8.39. The van der Waals surface area contributed by atoms with Gasteiger partial charge in [0.2, 0.25) is 0 Å². The number of fused-ring (bicyclic) bond motifs is 1. The average Bonchev–Trinajstić information content (AvgIpc) is 2.16. The van der Waals surface area contributed by atoms with Crippen LogP contribution in [-0.4, -0.2) is 23.0 Å². The van der Waals surface area contributed by atoms with E-state index in [1.165, 1.54) is 0 Å². The quantitative estimate of drug-likeness (QED) is 0.746. The van der Waals surface area contributed by atoms with Gasteiger partial charge in [0.15, 0.2) is 6.61 Å². The van der Waals surface area contributed by atoms with E-state index in [1.807, 2.05) is 0 Å². The van der Waals surface area contributed by atoms with Gasteiger partial charge in [0.1, 0.15) is 5.75 Å². The van der Waals surface area contributed by atoms with Crippen LogP contribution in [0.25, 0.3) is 0 Å². The molecule has 0 fully saturated rings. The number of amides is 1. The Morgan fingerprint density at radius 3 is 3.00 bits per heavy atom. The van der Waals surface area contributed by atoms with Crippen molar-refractivity contribution in [2.75, 3.05) is 18.2 Å². The highest BCUT2D eigenvalue weighted by molar-refractivity contribution is 7.84. The molecule has 1 amide bonds. The summed E-state index contributed by atoms with van der Waals surface area (Å²) in [5, 5.41) is 2.66. The molecule has 1 aliphatic rings. The molecule has 0 spiro atoms. The van der Waals surface area contributed by atoms with Crippen LogP contribution < -0.4 is 10.1 Å². The van der Waals surface area contributed by atoms with Crippen LogP contribution in [0.3, 0.4) is 0 Å². The highest BCUT2D eigenvalue weighted by Crippen LogP contribution is 2.29. The molecule has 0 saturated carbocycles. The highest BCUT2D eigenvalue weighted by Gasteiger charge is 2.16. The first-order valence-electron chi connectivity index (χ1n) is 4.07. The molecule has 1 atom stereocenters. The van der Waals surface area contributed by atoms with Crippen molar-refractivity contribution < 1.29 is 13.7 Å². The Balaban J connectivity index is 2.42. The minimum Gasteiger partial charge on any atom is -0.482 e.